The molecule has 9 heteroatoms. The molecule has 0 amide bonds. The van der Waals surface area contributed by atoms with Gasteiger partial charge in [-0.3, -0.25) is 23.9 Å². The highest BCUT2D eigenvalue weighted by atomic mass is 16.6. The highest BCUT2D eigenvalue weighted by molar-refractivity contribution is 5.66. The Morgan fingerprint density at radius 2 is 2.04 bits per heavy atom. The first-order chi connectivity index (χ1) is 11.8. The minimum atomic E-state index is -0.899. The van der Waals surface area contributed by atoms with Gasteiger partial charge in [-0.2, -0.15) is 0 Å². The van der Waals surface area contributed by atoms with Crippen molar-refractivity contribution in [3.63, 3.8) is 0 Å². The summed E-state index contributed by atoms with van der Waals surface area (Å²) >= 11 is 0. The molecule has 1 N–H and O–H groups in total. The van der Waals surface area contributed by atoms with Crippen LogP contribution in [0, 0.1) is 0 Å². The van der Waals surface area contributed by atoms with E-state index in [1.54, 1.807) is 0 Å². The Morgan fingerprint density at radius 1 is 1.32 bits per heavy atom. The van der Waals surface area contributed by atoms with Gasteiger partial charge in [0.25, 0.3) is 5.56 Å². The van der Waals surface area contributed by atoms with Gasteiger partial charge in [0.1, 0.15) is 12.7 Å². The maximum atomic E-state index is 12.2. The van der Waals surface area contributed by atoms with E-state index < -0.39 is 41.6 Å². The summed E-state index contributed by atoms with van der Waals surface area (Å²) in [6.45, 7) is 4.44. The molecule has 1 aliphatic rings. The predicted octanol–water partition coefficient (Wildman–Crippen LogP) is 0.271. The number of H-pyrrole nitrogens is 1. The fourth-order valence-electron chi connectivity index (χ4n) is 2.76. The van der Waals surface area contributed by atoms with Gasteiger partial charge in [-0.05, 0) is 6.42 Å². The Hall–Kier alpha value is -2.42. The summed E-state index contributed by atoms with van der Waals surface area (Å²) in [5, 5.41) is 0. The largest absolute Gasteiger partial charge is 0.463 e. The van der Waals surface area contributed by atoms with Crippen molar-refractivity contribution in [2.45, 2.75) is 58.5 Å². The molecule has 0 unspecified atom stereocenters. The number of rotatable bonds is 6. The lowest BCUT2D eigenvalue weighted by Crippen LogP contribution is -2.38. The number of aromatic nitrogens is 2. The lowest BCUT2D eigenvalue weighted by Gasteiger charge is -2.20. The van der Waals surface area contributed by atoms with Crippen LogP contribution in [-0.2, 0) is 30.2 Å². The van der Waals surface area contributed by atoms with Crippen LogP contribution in [0.5, 0.6) is 0 Å². The third-order valence-corrected chi connectivity index (χ3v) is 3.77. The zero-order chi connectivity index (χ0) is 18.6. The Bertz CT molecular complexity index is 752. The van der Waals surface area contributed by atoms with Crippen molar-refractivity contribution in [1.82, 2.24) is 9.55 Å². The van der Waals surface area contributed by atoms with Gasteiger partial charge in [0.05, 0.1) is 6.10 Å². The van der Waals surface area contributed by atoms with Gasteiger partial charge in [-0.1, -0.05) is 13.3 Å². The van der Waals surface area contributed by atoms with Crippen molar-refractivity contribution in [3.05, 3.63) is 32.6 Å². The van der Waals surface area contributed by atoms with Crippen LogP contribution in [0.4, 0.5) is 0 Å². The molecular formula is C16H22N2O7. The molecule has 0 spiro atoms. The van der Waals surface area contributed by atoms with Gasteiger partial charge in [0.15, 0.2) is 6.23 Å². The average molecular weight is 354 g/mol. The molecule has 2 heterocycles. The zero-order valence-corrected chi connectivity index (χ0v) is 14.4. The first-order valence-corrected chi connectivity index (χ1v) is 8.12. The van der Waals surface area contributed by atoms with E-state index in [0.29, 0.717) is 12.0 Å². The standard InChI is InChI=1S/C16H22N2O7/c1-4-5-11-7-18(16(22)17-14(11)21)15-13(24-10(3)20)6-12(25-15)8-23-9(2)19/h7,12-13,15H,4-6,8H2,1-3H3,(H,17,21,22)/t12-,13+,15+/m0/s1. The number of aryl methyl sites for hydroxylation is 1. The van der Waals surface area contributed by atoms with Crippen molar-refractivity contribution in [2.75, 3.05) is 6.61 Å². The molecule has 1 fully saturated rings. The van der Waals surface area contributed by atoms with E-state index in [-0.39, 0.29) is 13.0 Å². The van der Waals surface area contributed by atoms with Gasteiger partial charge >= 0.3 is 17.6 Å². The van der Waals surface area contributed by atoms with Crippen LogP contribution in [0.25, 0.3) is 0 Å². The highest BCUT2D eigenvalue weighted by Crippen LogP contribution is 2.30. The van der Waals surface area contributed by atoms with Crippen molar-refractivity contribution in [3.8, 4) is 0 Å². The number of nitrogens with one attached hydrogen (secondary N) is 1. The average Bonchev–Trinajstić information content (AvgIpc) is 2.90. The van der Waals surface area contributed by atoms with Crippen LogP contribution in [0.2, 0.25) is 0 Å². The van der Waals surface area contributed by atoms with Gasteiger partial charge in [0, 0.05) is 32.0 Å². The van der Waals surface area contributed by atoms with E-state index in [4.69, 9.17) is 14.2 Å². The van der Waals surface area contributed by atoms with Crippen LogP contribution in [0.1, 0.15) is 45.4 Å². The second kappa shape index (κ2) is 8.11. The number of hydrogen-bond acceptors (Lipinski definition) is 7. The monoisotopic (exact) mass is 354 g/mol. The van der Waals surface area contributed by atoms with E-state index in [1.165, 1.54) is 24.6 Å². The Morgan fingerprint density at radius 3 is 2.64 bits per heavy atom. The van der Waals surface area contributed by atoms with Gasteiger partial charge in [0.2, 0.25) is 0 Å². The summed E-state index contributed by atoms with van der Waals surface area (Å²) in [6.07, 6.45) is 0.783. The van der Waals surface area contributed by atoms with Gasteiger partial charge in [-0.25, -0.2) is 4.79 Å². The molecule has 0 aliphatic carbocycles. The van der Waals surface area contributed by atoms with Crippen LogP contribution in [-0.4, -0.2) is 40.3 Å². The number of aromatic amines is 1. The SMILES string of the molecule is CCCc1cn([C@@H]2O[C@H](COC(C)=O)C[C@H]2OC(C)=O)c(=O)[nH]c1=O. The molecule has 0 saturated carbocycles. The third-order valence-electron chi connectivity index (χ3n) is 3.77. The first kappa shape index (κ1) is 18.9. The molecular weight excluding hydrogens is 332 g/mol. The Labute approximate surface area is 143 Å². The molecule has 138 valence electrons. The summed E-state index contributed by atoms with van der Waals surface area (Å²) in [4.78, 5) is 48.6. The zero-order valence-electron chi connectivity index (χ0n) is 14.4. The fraction of sp³-hybridized carbons (Fsp3) is 0.625. The second-order valence-corrected chi connectivity index (χ2v) is 5.91. The summed E-state index contributed by atoms with van der Waals surface area (Å²) < 4.78 is 17.1. The second-order valence-electron chi connectivity index (χ2n) is 5.91. The maximum Gasteiger partial charge on any atom is 0.330 e. The molecule has 25 heavy (non-hydrogen) atoms. The molecule has 9 nitrogen and oxygen atoms in total. The van der Waals surface area contributed by atoms with E-state index in [9.17, 15) is 19.2 Å². The van der Waals surface area contributed by atoms with Crippen molar-refractivity contribution in [2.24, 2.45) is 0 Å². The van der Waals surface area contributed by atoms with Crippen LogP contribution >= 0.6 is 0 Å². The minimum absolute atomic E-state index is 0.0104. The van der Waals surface area contributed by atoms with Gasteiger partial charge < -0.3 is 14.2 Å². The van der Waals surface area contributed by atoms with E-state index in [1.807, 2.05) is 6.92 Å². The Balaban J connectivity index is 2.31. The van der Waals surface area contributed by atoms with Crippen molar-refractivity contribution < 1.29 is 23.8 Å². The Kier molecular flexibility index (Phi) is 6.13. The molecule has 0 radical (unpaired) electrons. The normalized spacial score (nSPS) is 22.6. The molecule has 0 aromatic carbocycles. The van der Waals surface area contributed by atoms with Crippen LogP contribution < -0.4 is 11.2 Å². The highest BCUT2D eigenvalue weighted by Gasteiger charge is 2.40. The molecule has 3 atom stereocenters. The van der Waals surface area contributed by atoms with E-state index >= 15 is 0 Å². The number of hydrogen-bond donors (Lipinski definition) is 1. The predicted molar refractivity (Wildman–Crippen MR) is 86.0 cm³/mol. The molecule has 2 rings (SSSR count). The number of carbonyl (C=O) groups is 2. The molecule has 1 aliphatic heterocycles. The van der Waals surface area contributed by atoms with Crippen molar-refractivity contribution in [1.29, 1.82) is 0 Å². The smallest absolute Gasteiger partial charge is 0.330 e. The first-order valence-electron chi connectivity index (χ1n) is 8.12. The van der Waals surface area contributed by atoms with Crippen LogP contribution in [0.15, 0.2) is 15.8 Å². The quantitative estimate of drug-likeness (QED) is 0.729. The fourth-order valence-corrected chi connectivity index (χ4v) is 2.76. The van der Waals surface area contributed by atoms with E-state index in [0.717, 1.165) is 6.42 Å². The van der Waals surface area contributed by atoms with Crippen molar-refractivity contribution >= 4 is 11.9 Å². The summed E-state index contributed by atoms with van der Waals surface area (Å²) in [6, 6.07) is 0. The number of esters is 2. The number of nitrogens with zero attached hydrogens (tertiary/aromatic N) is 1. The summed E-state index contributed by atoms with van der Waals surface area (Å²) in [7, 11) is 0. The summed E-state index contributed by atoms with van der Waals surface area (Å²) in [5.74, 6) is -0.972. The van der Waals surface area contributed by atoms with Crippen LogP contribution in [0.3, 0.4) is 0 Å². The number of ether oxygens (including phenoxy) is 3. The molecule has 1 saturated heterocycles. The third kappa shape index (κ3) is 4.79. The molecule has 1 aromatic rings. The lowest BCUT2D eigenvalue weighted by molar-refractivity contribution is -0.153. The maximum absolute atomic E-state index is 12.2. The van der Waals surface area contributed by atoms with E-state index in [2.05, 4.69) is 4.98 Å². The summed E-state index contributed by atoms with van der Waals surface area (Å²) in [5.41, 5.74) is -0.655. The van der Waals surface area contributed by atoms with Gasteiger partial charge in [-0.15, -0.1) is 0 Å². The lowest BCUT2D eigenvalue weighted by atomic mass is 10.2. The molecule has 0 bridgehead atoms. The topological polar surface area (TPSA) is 117 Å². The molecule has 1 aromatic heterocycles. The number of carbonyl (C=O) groups excluding carboxylic acids is 2. The minimum Gasteiger partial charge on any atom is -0.463 e.